The molecular weight excluding hydrogens is 422 g/mol. The Morgan fingerprint density at radius 2 is 0.771 bits per heavy atom. The lowest BCUT2D eigenvalue weighted by Crippen LogP contribution is -2.25. The van der Waals surface area contributed by atoms with Crippen LogP contribution in [0.3, 0.4) is 0 Å². The molecule has 5 aromatic rings. The number of aryl methyl sites for hydroxylation is 1. The van der Waals surface area contributed by atoms with Crippen molar-refractivity contribution in [2.75, 3.05) is 0 Å². The molecule has 0 radical (unpaired) electrons. The molecule has 1 nitrogen and oxygen atoms in total. The maximum Gasteiger partial charge on any atom is 0.169 e. The first-order valence-electron chi connectivity index (χ1n) is 11.9. The second kappa shape index (κ2) is 10.6. The van der Waals surface area contributed by atoms with Crippen molar-refractivity contribution in [3.05, 3.63) is 173 Å². The zero-order chi connectivity index (χ0) is 23.9. The van der Waals surface area contributed by atoms with E-state index in [1.807, 2.05) is 11.6 Å². The van der Waals surface area contributed by atoms with Crippen LogP contribution >= 0.6 is 0 Å². The molecule has 5 rings (SSSR count). The van der Waals surface area contributed by atoms with Crippen LogP contribution in [0.15, 0.2) is 140 Å². The Hall–Kier alpha value is -4.49. The van der Waals surface area contributed by atoms with Crippen LogP contribution in [0.4, 0.5) is 0 Å². The molecule has 4 aromatic carbocycles. The molecule has 0 N–H and O–H groups in total. The van der Waals surface area contributed by atoms with Gasteiger partial charge in [0.15, 0.2) is 12.4 Å². The normalized spacial score (nSPS) is 10.9. The van der Waals surface area contributed by atoms with Crippen molar-refractivity contribution in [1.29, 1.82) is 0 Å². The standard InChI is InChI=1S/C34H28N/c1-35-25-23-28(24-26-35)18-17-27-19-21-32(22-20-27)34(31-15-9-4-10-16-31)33(29-11-5-2-6-12-29)30-13-7-3-8-14-30/h2-26H,1H3/q+1. The van der Waals surface area contributed by atoms with Gasteiger partial charge in [-0.15, -0.1) is 0 Å². The molecule has 168 valence electrons. The highest BCUT2D eigenvalue weighted by Crippen LogP contribution is 2.36. The Morgan fingerprint density at radius 1 is 0.429 bits per heavy atom. The van der Waals surface area contributed by atoms with Gasteiger partial charge in [0, 0.05) is 12.1 Å². The van der Waals surface area contributed by atoms with E-state index in [-0.39, 0.29) is 0 Å². The minimum absolute atomic E-state index is 1.18. The Morgan fingerprint density at radius 3 is 1.17 bits per heavy atom. The zero-order valence-electron chi connectivity index (χ0n) is 19.9. The molecule has 0 unspecified atom stereocenters. The summed E-state index contributed by atoms with van der Waals surface area (Å²) >= 11 is 0. The maximum absolute atomic E-state index is 2.24. The van der Waals surface area contributed by atoms with E-state index in [0.717, 1.165) is 0 Å². The Balaban J connectivity index is 1.63. The summed E-state index contributed by atoms with van der Waals surface area (Å²) in [5, 5.41) is 0. The summed E-state index contributed by atoms with van der Waals surface area (Å²) in [4.78, 5) is 0. The summed E-state index contributed by atoms with van der Waals surface area (Å²) in [6.45, 7) is 0. The van der Waals surface area contributed by atoms with Crippen LogP contribution < -0.4 is 4.57 Å². The summed E-state index contributed by atoms with van der Waals surface area (Å²) in [6, 6.07) is 45.2. The topological polar surface area (TPSA) is 3.88 Å². The van der Waals surface area contributed by atoms with Gasteiger partial charge in [-0.05, 0) is 44.5 Å². The average Bonchev–Trinajstić information content (AvgIpc) is 2.93. The van der Waals surface area contributed by atoms with E-state index < -0.39 is 0 Å². The Bertz CT molecular complexity index is 1390. The minimum atomic E-state index is 1.18. The lowest BCUT2D eigenvalue weighted by Gasteiger charge is -2.18. The van der Waals surface area contributed by atoms with Gasteiger partial charge in [0.1, 0.15) is 7.05 Å². The predicted octanol–water partition coefficient (Wildman–Crippen LogP) is 7.69. The zero-order valence-corrected chi connectivity index (χ0v) is 19.9. The third-order valence-electron chi connectivity index (χ3n) is 6.11. The highest BCUT2D eigenvalue weighted by atomic mass is 14.9. The van der Waals surface area contributed by atoms with Crippen LogP contribution in [0, 0.1) is 0 Å². The number of rotatable bonds is 6. The molecule has 1 heteroatoms. The fraction of sp³-hybridized carbons (Fsp3) is 0.0294. The van der Waals surface area contributed by atoms with Gasteiger partial charge in [-0.1, -0.05) is 127 Å². The van der Waals surface area contributed by atoms with Crippen molar-refractivity contribution in [3.63, 3.8) is 0 Å². The van der Waals surface area contributed by atoms with E-state index in [1.165, 1.54) is 44.5 Å². The number of aromatic nitrogens is 1. The number of hydrogen-bond donors (Lipinski definition) is 0. The van der Waals surface area contributed by atoms with Gasteiger partial charge in [-0.25, -0.2) is 4.57 Å². The minimum Gasteiger partial charge on any atom is -0.208 e. The van der Waals surface area contributed by atoms with Crippen molar-refractivity contribution >= 4 is 23.3 Å². The van der Waals surface area contributed by atoms with E-state index in [0.29, 0.717) is 0 Å². The van der Waals surface area contributed by atoms with Crippen molar-refractivity contribution in [1.82, 2.24) is 0 Å². The fourth-order valence-corrected chi connectivity index (χ4v) is 4.30. The van der Waals surface area contributed by atoms with Crippen LogP contribution in [-0.4, -0.2) is 0 Å². The van der Waals surface area contributed by atoms with E-state index in [2.05, 4.69) is 152 Å². The lowest BCUT2D eigenvalue weighted by atomic mass is 9.85. The number of hydrogen-bond acceptors (Lipinski definition) is 0. The van der Waals surface area contributed by atoms with Crippen molar-refractivity contribution in [2.24, 2.45) is 7.05 Å². The first-order chi connectivity index (χ1) is 17.3. The van der Waals surface area contributed by atoms with Crippen LogP contribution in [0.5, 0.6) is 0 Å². The first kappa shape index (κ1) is 22.3. The smallest absolute Gasteiger partial charge is 0.169 e. The van der Waals surface area contributed by atoms with Gasteiger partial charge in [-0.2, -0.15) is 0 Å². The average molecular weight is 451 g/mol. The fourth-order valence-electron chi connectivity index (χ4n) is 4.30. The number of benzene rings is 4. The third kappa shape index (κ3) is 5.37. The van der Waals surface area contributed by atoms with Gasteiger partial charge in [0.05, 0.1) is 0 Å². The molecule has 0 spiro atoms. The SMILES string of the molecule is C[n+]1ccc(C=Cc2ccc(C(=C(c3ccccc3)c3ccccc3)c3ccccc3)cc2)cc1. The van der Waals surface area contributed by atoms with E-state index in [1.54, 1.807) is 0 Å². The quantitative estimate of drug-likeness (QED) is 0.184. The molecule has 1 heterocycles. The van der Waals surface area contributed by atoms with Crippen molar-refractivity contribution < 1.29 is 4.57 Å². The lowest BCUT2D eigenvalue weighted by molar-refractivity contribution is -0.671. The highest BCUT2D eigenvalue weighted by molar-refractivity contribution is 6.04. The number of nitrogens with zero attached hydrogens (tertiary/aromatic N) is 1. The third-order valence-corrected chi connectivity index (χ3v) is 6.11. The molecule has 0 saturated heterocycles. The molecule has 0 fully saturated rings. The molecule has 0 aliphatic carbocycles. The van der Waals surface area contributed by atoms with E-state index in [4.69, 9.17) is 0 Å². The first-order valence-corrected chi connectivity index (χ1v) is 11.9. The van der Waals surface area contributed by atoms with Gasteiger partial charge < -0.3 is 0 Å². The Kier molecular flexibility index (Phi) is 6.77. The summed E-state index contributed by atoms with van der Waals surface area (Å²) in [7, 11) is 2.03. The maximum atomic E-state index is 2.24. The van der Waals surface area contributed by atoms with E-state index in [9.17, 15) is 0 Å². The highest BCUT2D eigenvalue weighted by Gasteiger charge is 2.15. The van der Waals surface area contributed by atoms with Crippen LogP contribution in [0.1, 0.15) is 33.4 Å². The van der Waals surface area contributed by atoms with Crippen molar-refractivity contribution in [3.8, 4) is 0 Å². The van der Waals surface area contributed by atoms with Crippen LogP contribution in [-0.2, 0) is 7.05 Å². The van der Waals surface area contributed by atoms with Gasteiger partial charge >= 0.3 is 0 Å². The van der Waals surface area contributed by atoms with E-state index >= 15 is 0 Å². The second-order valence-electron chi connectivity index (χ2n) is 8.60. The van der Waals surface area contributed by atoms with Crippen molar-refractivity contribution in [2.45, 2.75) is 0 Å². The summed E-state index contributed by atoms with van der Waals surface area (Å²) in [5.41, 5.74) is 9.64. The molecular formula is C34H28N+. The predicted molar refractivity (Wildman–Crippen MR) is 147 cm³/mol. The largest absolute Gasteiger partial charge is 0.208 e. The monoisotopic (exact) mass is 450 g/mol. The van der Waals surface area contributed by atoms with Gasteiger partial charge in [0.2, 0.25) is 0 Å². The molecule has 0 amide bonds. The number of pyridine rings is 1. The van der Waals surface area contributed by atoms with Gasteiger partial charge in [-0.3, -0.25) is 0 Å². The molecule has 1 aromatic heterocycles. The summed E-state index contributed by atoms with van der Waals surface area (Å²) in [5.74, 6) is 0. The molecule has 0 aliphatic heterocycles. The molecule has 0 bridgehead atoms. The molecule has 0 aliphatic rings. The summed E-state index contributed by atoms with van der Waals surface area (Å²) in [6.07, 6.45) is 8.45. The van der Waals surface area contributed by atoms with Crippen LogP contribution in [0.2, 0.25) is 0 Å². The molecule has 0 atom stereocenters. The van der Waals surface area contributed by atoms with Gasteiger partial charge in [0.25, 0.3) is 0 Å². The molecule has 35 heavy (non-hydrogen) atoms. The van der Waals surface area contributed by atoms with Crippen LogP contribution in [0.25, 0.3) is 23.3 Å². The second-order valence-corrected chi connectivity index (χ2v) is 8.60. The summed E-state index contributed by atoms with van der Waals surface area (Å²) < 4.78 is 2.04. The molecule has 0 saturated carbocycles. The Labute approximate surface area is 208 Å².